The van der Waals surface area contributed by atoms with E-state index in [4.69, 9.17) is 9.15 Å². The molecule has 0 atom stereocenters. The third-order valence-corrected chi connectivity index (χ3v) is 4.55. The predicted molar refractivity (Wildman–Crippen MR) is 121 cm³/mol. The van der Waals surface area contributed by atoms with Crippen molar-refractivity contribution in [2.45, 2.75) is 26.9 Å². The first-order chi connectivity index (χ1) is 15.0. The molecule has 0 saturated heterocycles. The van der Waals surface area contributed by atoms with Gasteiger partial charge in [0.1, 0.15) is 12.0 Å². The maximum atomic E-state index is 11.4. The van der Waals surface area contributed by atoms with Crippen LogP contribution in [0.4, 0.5) is 5.69 Å². The number of nitrogens with one attached hydrogen (secondary N) is 3. The number of hydrogen-bond acceptors (Lipinski definition) is 5. The molecule has 162 valence electrons. The third kappa shape index (κ3) is 6.08. The van der Waals surface area contributed by atoms with Crippen LogP contribution in [0.5, 0.6) is 5.75 Å². The van der Waals surface area contributed by atoms with Crippen LogP contribution in [0.3, 0.4) is 0 Å². The van der Waals surface area contributed by atoms with Gasteiger partial charge >= 0.3 is 0 Å². The lowest BCUT2D eigenvalue weighted by Crippen LogP contribution is -2.36. The summed E-state index contributed by atoms with van der Waals surface area (Å²) in [5.74, 6) is 1.66. The molecule has 1 aromatic heterocycles. The second kappa shape index (κ2) is 10.3. The van der Waals surface area contributed by atoms with Crippen molar-refractivity contribution in [2.75, 3.05) is 19.5 Å². The van der Waals surface area contributed by atoms with Crippen LogP contribution in [-0.2, 0) is 17.9 Å². The number of anilines is 1. The summed E-state index contributed by atoms with van der Waals surface area (Å²) in [6, 6.07) is 13.6. The molecule has 0 saturated carbocycles. The van der Waals surface area contributed by atoms with Crippen molar-refractivity contribution in [3.63, 3.8) is 0 Å². The normalized spacial score (nSPS) is 11.2. The number of ether oxygens (including phenoxy) is 1. The lowest BCUT2D eigenvalue weighted by molar-refractivity contribution is -0.114. The van der Waals surface area contributed by atoms with Gasteiger partial charge in [-0.1, -0.05) is 23.8 Å². The van der Waals surface area contributed by atoms with Gasteiger partial charge in [0.25, 0.3) is 0 Å². The molecule has 8 nitrogen and oxygen atoms in total. The number of nitrogens with zero attached hydrogens (tertiary/aromatic N) is 2. The molecule has 31 heavy (non-hydrogen) atoms. The Morgan fingerprint density at radius 2 is 1.87 bits per heavy atom. The van der Waals surface area contributed by atoms with Crippen LogP contribution in [0.25, 0.3) is 11.5 Å². The van der Waals surface area contributed by atoms with Crippen molar-refractivity contribution in [3.8, 4) is 17.2 Å². The van der Waals surface area contributed by atoms with E-state index in [-0.39, 0.29) is 5.91 Å². The van der Waals surface area contributed by atoms with Gasteiger partial charge in [0.2, 0.25) is 11.8 Å². The number of guanidine groups is 1. The van der Waals surface area contributed by atoms with Crippen molar-refractivity contribution in [1.29, 1.82) is 0 Å². The fraction of sp³-hybridized carbons (Fsp3) is 0.261. The molecule has 0 spiro atoms. The van der Waals surface area contributed by atoms with Gasteiger partial charge in [0.05, 0.1) is 25.0 Å². The molecule has 3 N–H and O–H groups in total. The van der Waals surface area contributed by atoms with E-state index in [9.17, 15) is 4.79 Å². The molecule has 0 aliphatic carbocycles. The number of carbonyl (C=O) groups is 1. The monoisotopic (exact) mass is 421 g/mol. The van der Waals surface area contributed by atoms with Crippen LogP contribution >= 0.6 is 0 Å². The first-order valence-corrected chi connectivity index (χ1v) is 9.89. The number of methoxy groups -OCH3 is 1. The highest BCUT2D eigenvalue weighted by Gasteiger charge is 2.09. The molecular weight excluding hydrogens is 394 g/mol. The average Bonchev–Trinajstić information content (AvgIpc) is 3.23. The number of hydrogen-bond donors (Lipinski definition) is 3. The molecule has 0 aliphatic rings. The van der Waals surface area contributed by atoms with Crippen LogP contribution in [0.1, 0.15) is 23.7 Å². The Morgan fingerprint density at radius 1 is 1.13 bits per heavy atom. The summed E-state index contributed by atoms with van der Waals surface area (Å²) >= 11 is 0. The maximum Gasteiger partial charge on any atom is 0.226 e. The lowest BCUT2D eigenvalue weighted by atomic mass is 10.1. The average molecular weight is 422 g/mol. The van der Waals surface area contributed by atoms with Gasteiger partial charge in [-0.05, 0) is 36.8 Å². The van der Waals surface area contributed by atoms with E-state index >= 15 is 0 Å². The fourth-order valence-corrected chi connectivity index (χ4v) is 2.95. The number of benzene rings is 2. The Balaban J connectivity index is 1.57. The zero-order valence-electron chi connectivity index (χ0n) is 18.2. The molecular formula is C23H27N5O3. The Bertz CT molecular complexity index is 1060. The van der Waals surface area contributed by atoms with E-state index < -0.39 is 0 Å². The smallest absolute Gasteiger partial charge is 0.226 e. The topological polar surface area (TPSA) is 101 Å². The van der Waals surface area contributed by atoms with Gasteiger partial charge < -0.3 is 25.1 Å². The van der Waals surface area contributed by atoms with Crippen LogP contribution in [-0.4, -0.2) is 31.0 Å². The first-order valence-electron chi connectivity index (χ1n) is 9.89. The third-order valence-electron chi connectivity index (χ3n) is 4.55. The molecule has 0 fully saturated rings. The van der Waals surface area contributed by atoms with Crippen molar-refractivity contribution >= 4 is 17.6 Å². The van der Waals surface area contributed by atoms with Crippen molar-refractivity contribution in [1.82, 2.24) is 15.6 Å². The minimum absolute atomic E-state index is 0.154. The highest BCUT2D eigenvalue weighted by Crippen LogP contribution is 2.25. The molecule has 1 heterocycles. The quantitative estimate of drug-likeness (QED) is 0.399. The predicted octanol–water partition coefficient (Wildman–Crippen LogP) is 3.48. The number of oxazole rings is 1. The summed E-state index contributed by atoms with van der Waals surface area (Å²) in [4.78, 5) is 20.2. The molecule has 8 heteroatoms. The van der Waals surface area contributed by atoms with Crippen molar-refractivity contribution in [3.05, 3.63) is 65.5 Å². The zero-order chi connectivity index (χ0) is 22.2. The molecule has 3 rings (SSSR count). The number of amides is 1. The number of rotatable bonds is 7. The van der Waals surface area contributed by atoms with E-state index in [2.05, 4.69) is 25.9 Å². The number of aryl methyl sites for hydroxylation is 1. The Labute approximate surface area is 181 Å². The Hall–Kier alpha value is -3.81. The lowest BCUT2D eigenvalue weighted by Gasteiger charge is -2.13. The molecule has 3 aromatic rings. The van der Waals surface area contributed by atoms with E-state index in [1.165, 1.54) is 12.5 Å². The van der Waals surface area contributed by atoms with Crippen LogP contribution in [0, 0.1) is 6.92 Å². The minimum Gasteiger partial charge on any atom is -0.495 e. The zero-order valence-corrected chi connectivity index (χ0v) is 18.2. The van der Waals surface area contributed by atoms with Crippen LogP contribution in [0.2, 0.25) is 0 Å². The van der Waals surface area contributed by atoms with E-state index in [0.29, 0.717) is 36.4 Å². The summed E-state index contributed by atoms with van der Waals surface area (Å²) in [6.07, 6.45) is 1.64. The molecule has 0 unspecified atom stereocenters. The van der Waals surface area contributed by atoms with E-state index in [1.54, 1.807) is 20.4 Å². The second-order valence-corrected chi connectivity index (χ2v) is 7.01. The van der Waals surface area contributed by atoms with Gasteiger partial charge in [-0.3, -0.25) is 9.79 Å². The summed E-state index contributed by atoms with van der Waals surface area (Å²) in [7, 11) is 3.27. The standard InChI is InChI=1S/C23H27N5O3/c1-15-5-8-18(9-6-15)22-28-19(14-31-22)13-26-23(24-3)25-12-17-7-10-21(30-4)20(11-17)27-16(2)29/h5-11,14H,12-13H2,1-4H3,(H,27,29)(H2,24,25,26). The van der Waals surface area contributed by atoms with Gasteiger partial charge in [-0.15, -0.1) is 0 Å². The minimum atomic E-state index is -0.154. The molecule has 1 amide bonds. The second-order valence-electron chi connectivity index (χ2n) is 7.01. The van der Waals surface area contributed by atoms with Crippen LogP contribution < -0.4 is 20.7 Å². The summed E-state index contributed by atoms with van der Waals surface area (Å²) < 4.78 is 10.9. The highest BCUT2D eigenvalue weighted by atomic mass is 16.5. The van der Waals surface area contributed by atoms with Gasteiger partial charge in [0.15, 0.2) is 5.96 Å². The van der Waals surface area contributed by atoms with Gasteiger partial charge in [0, 0.05) is 26.1 Å². The first kappa shape index (κ1) is 21.9. The van der Waals surface area contributed by atoms with E-state index in [1.807, 2.05) is 49.4 Å². The highest BCUT2D eigenvalue weighted by molar-refractivity contribution is 5.90. The summed E-state index contributed by atoms with van der Waals surface area (Å²) in [5.41, 5.74) is 4.50. The SMILES string of the molecule is CN=C(NCc1ccc(OC)c(NC(C)=O)c1)NCc1coc(-c2ccc(C)cc2)n1. The van der Waals surface area contributed by atoms with E-state index in [0.717, 1.165) is 16.8 Å². The van der Waals surface area contributed by atoms with Gasteiger partial charge in [-0.25, -0.2) is 4.98 Å². The number of aliphatic imine (C=N–C) groups is 1. The number of aromatic nitrogens is 1. The molecule has 2 aromatic carbocycles. The fourth-order valence-electron chi connectivity index (χ4n) is 2.95. The van der Waals surface area contributed by atoms with Gasteiger partial charge in [-0.2, -0.15) is 0 Å². The molecule has 0 aliphatic heterocycles. The van der Waals surface area contributed by atoms with Crippen molar-refractivity contribution < 1.29 is 13.9 Å². The molecule has 0 radical (unpaired) electrons. The number of carbonyl (C=O) groups excluding carboxylic acids is 1. The van der Waals surface area contributed by atoms with Crippen molar-refractivity contribution in [2.24, 2.45) is 4.99 Å². The molecule has 0 bridgehead atoms. The Kier molecular flexibility index (Phi) is 7.26. The Morgan fingerprint density at radius 3 is 2.55 bits per heavy atom. The maximum absolute atomic E-state index is 11.4. The largest absolute Gasteiger partial charge is 0.495 e. The van der Waals surface area contributed by atoms with Crippen LogP contribution in [0.15, 0.2) is 58.1 Å². The summed E-state index contributed by atoms with van der Waals surface area (Å²) in [5, 5.41) is 9.24. The summed E-state index contributed by atoms with van der Waals surface area (Å²) in [6.45, 7) is 4.49.